The number of allylic oxidation sites excluding steroid dienone is 1. The van der Waals surface area contributed by atoms with Crippen molar-refractivity contribution in [2.24, 2.45) is 11.3 Å². The van der Waals surface area contributed by atoms with E-state index < -0.39 is 22.5 Å². The van der Waals surface area contributed by atoms with Gasteiger partial charge in [0.1, 0.15) is 5.92 Å². The highest BCUT2D eigenvalue weighted by Gasteiger charge is 2.45. The highest BCUT2D eigenvalue weighted by atomic mass is 32.2. The molecule has 1 aliphatic rings. The van der Waals surface area contributed by atoms with Gasteiger partial charge in [0.05, 0.1) is 28.0 Å². The van der Waals surface area contributed by atoms with E-state index in [4.69, 9.17) is 5.26 Å². The second-order valence-corrected chi connectivity index (χ2v) is 6.73. The number of amides is 2. The number of nitriles is 2. The predicted octanol–water partition coefficient (Wildman–Crippen LogP) is 1.44. The molecule has 0 saturated heterocycles. The third-order valence-electron chi connectivity index (χ3n) is 3.42. The van der Waals surface area contributed by atoms with Crippen LogP contribution in [0.2, 0.25) is 0 Å². The summed E-state index contributed by atoms with van der Waals surface area (Å²) in [6.07, 6.45) is 1.57. The quantitative estimate of drug-likeness (QED) is 0.746. The van der Waals surface area contributed by atoms with E-state index in [0.717, 1.165) is 11.8 Å². The lowest BCUT2D eigenvalue weighted by atomic mass is 9.72. The molecule has 2 atom stereocenters. The summed E-state index contributed by atoms with van der Waals surface area (Å²) in [7, 11) is 0. The molecule has 7 heteroatoms. The van der Waals surface area contributed by atoms with Crippen molar-refractivity contribution >= 4 is 23.6 Å². The molecule has 1 aliphatic heterocycles. The number of hydrogen-bond acceptors (Lipinski definition) is 5. The maximum absolute atomic E-state index is 12.0. The van der Waals surface area contributed by atoms with Crippen molar-refractivity contribution in [3.05, 3.63) is 23.3 Å². The Balaban J connectivity index is 3.07. The summed E-state index contributed by atoms with van der Waals surface area (Å²) in [6, 6.07) is 4.00. The highest BCUT2D eigenvalue weighted by molar-refractivity contribution is 8.04. The smallest absolute Gasteiger partial charge is 0.243 e. The van der Waals surface area contributed by atoms with E-state index in [2.05, 4.69) is 23.3 Å². The Labute approximate surface area is 134 Å². The average molecular weight is 318 g/mol. The fourth-order valence-corrected chi connectivity index (χ4v) is 3.19. The first-order valence-corrected chi connectivity index (χ1v) is 7.58. The summed E-state index contributed by atoms with van der Waals surface area (Å²) >= 11 is 1.10. The van der Waals surface area contributed by atoms with E-state index in [1.807, 2.05) is 6.07 Å². The van der Waals surface area contributed by atoms with Gasteiger partial charge in [-0.05, 0) is 6.92 Å². The van der Waals surface area contributed by atoms with Crippen LogP contribution >= 0.6 is 11.8 Å². The fraction of sp³-hybridized carbons (Fsp3) is 0.467. The van der Waals surface area contributed by atoms with Crippen LogP contribution < -0.4 is 10.6 Å². The van der Waals surface area contributed by atoms with E-state index in [9.17, 15) is 14.9 Å². The standard InChI is InChI=1S/C15H18N4O2S/c1-5-6-18-12(20)9(2)22-14-11(8-17)15(3,4)10(7-16)13(21)19-14/h5,9-10H,1,6H2,2-4H3,(H,18,20)(H,19,21)/t9-,10+/m0/s1. The second kappa shape index (κ2) is 7.15. The van der Waals surface area contributed by atoms with Gasteiger partial charge in [0, 0.05) is 12.0 Å². The van der Waals surface area contributed by atoms with Crippen LogP contribution in [0, 0.1) is 34.0 Å². The van der Waals surface area contributed by atoms with Crippen molar-refractivity contribution in [3.8, 4) is 12.1 Å². The Kier molecular flexibility index (Phi) is 5.78. The van der Waals surface area contributed by atoms with Crippen LogP contribution in [-0.2, 0) is 9.59 Å². The number of nitrogens with zero attached hydrogens (tertiary/aromatic N) is 2. The van der Waals surface area contributed by atoms with E-state index in [1.165, 1.54) is 0 Å². The Morgan fingerprint density at radius 2 is 2.23 bits per heavy atom. The number of carbonyl (C=O) groups excluding carboxylic acids is 2. The first-order chi connectivity index (χ1) is 10.3. The van der Waals surface area contributed by atoms with Crippen LogP contribution in [0.4, 0.5) is 0 Å². The number of thioether (sulfide) groups is 1. The molecule has 116 valence electrons. The van der Waals surface area contributed by atoms with E-state index in [1.54, 1.807) is 26.8 Å². The van der Waals surface area contributed by atoms with Gasteiger partial charge in [-0.25, -0.2) is 0 Å². The van der Waals surface area contributed by atoms with Crippen LogP contribution in [0.15, 0.2) is 23.3 Å². The molecule has 0 radical (unpaired) electrons. The molecular weight excluding hydrogens is 300 g/mol. The topological polar surface area (TPSA) is 106 Å². The first kappa shape index (κ1) is 17.8. The average Bonchev–Trinajstić information content (AvgIpc) is 2.44. The third-order valence-corrected chi connectivity index (χ3v) is 4.53. The minimum absolute atomic E-state index is 0.218. The van der Waals surface area contributed by atoms with E-state index >= 15 is 0 Å². The van der Waals surface area contributed by atoms with Crippen molar-refractivity contribution in [1.82, 2.24) is 10.6 Å². The Hall–Kier alpha value is -2.25. The summed E-state index contributed by atoms with van der Waals surface area (Å²) in [5.41, 5.74) is -0.585. The zero-order chi connectivity index (χ0) is 16.9. The van der Waals surface area contributed by atoms with Crippen molar-refractivity contribution in [2.75, 3.05) is 6.54 Å². The van der Waals surface area contributed by atoms with Gasteiger partial charge < -0.3 is 10.6 Å². The molecule has 1 rings (SSSR count). The van der Waals surface area contributed by atoms with Crippen LogP contribution in [-0.4, -0.2) is 23.6 Å². The van der Waals surface area contributed by atoms with Crippen molar-refractivity contribution < 1.29 is 9.59 Å². The zero-order valence-electron chi connectivity index (χ0n) is 12.8. The molecule has 2 N–H and O–H groups in total. The fourth-order valence-electron chi connectivity index (χ4n) is 2.06. The van der Waals surface area contributed by atoms with Gasteiger partial charge in [-0.1, -0.05) is 31.7 Å². The molecule has 6 nitrogen and oxygen atoms in total. The lowest BCUT2D eigenvalue weighted by Crippen LogP contribution is -2.45. The first-order valence-electron chi connectivity index (χ1n) is 6.70. The second-order valence-electron chi connectivity index (χ2n) is 5.38. The zero-order valence-corrected chi connectivity index (χ0v) is 13.6. The summed E-state index contributed by atoms with van der Waals surface area (Å²) in [4.78, 5) is 23.9. The van der Waals surface area contributed by atoms with Crippen molar-refractivity contribution in [1.29, 1.82) is 10.5 Å². The maximum atomic E-state index is 12.0. The molecule has 0 spiro atoms. The van der Waals surface area contributed by atoms with E-state index in [0.29, 0.717) is 17.1 Å². The lowest BCUT2D eigenvalue weighted by molar-refractivity contribution is -0.125. The largest absolute Gasteiger partial charge is 0.352 e. The molecule has 1 heterocycles. The molecule has 0 unspecified atom stereocenters. The summed E-state index contributed by atoms with van der Waals surface area (Å²) in [5.74, 6) is -1.60. The van der Waals surface area contributed by atoms with Gasteiger partial charge in [-0.2, -0.15) is 10.5 Å². The monoisotopic (exact) mass is 318 g/mol. The molecule has 0 bridgehead atoms. The third kappa shape index (κ3) is 3.49. The number of hydrogen-bond donors (Lipinski definition) is 2. The Bertz CT molecular complexity index is 610. The molecule has 0 aromatic heterocycles. The predicted molar refractivity (Wildman–Crippen MR) is 83.9 cm³/mol. The van der Waals surface area contributed by atoms with Crippen LogP contribution in [0.5, 0.6) is 0 Å². The summed E-state index contributed by atoms with van der Waals surface area (Å²) < 4.78 is 0. The Morgan fingerprint density at radius 3 is 2.73 bits per heavy atom. The van der Waals surface area contributed by atoms with Gasteiger partial charge in [0.15, 0.2) is 0 Å². The SMILES string of the molecule is C=CCNC(=O)[C@H](C)SC1=C(C#N)C(C)(C)[C@H](C#N)C(=O)N1. The van der Waals surface area contributed by atoms with Crippen molar-refractivity contribution in [3.63, 3.8) is 0 Å². The van der Waals surface area contributed by atoms with Gasteiger partial charge in [0.25, 0.3) is 0 Å². The molecule has 0 aromatic rings. The Morgan fingerprint density at radius 1 is 1.59 bits per heavy atom. The summed E-state index contributed by atoms with van der Waals surface area (Å²) in [5, 5.41) is 23.6. The van der Waals surface area contributed by atoms with Crippen LogP contribution in [0.25, 0.3) is 0 Å². The number of rotatable bonds is 5. The van der Waals surface area contributed by atoms with Crippen molar-refractivity contribution in [2.45, 2.75) is 26.0 Å². The summed E-state index contributed by atoms with van der Waals surface area (Å²) in [6.45, 7) is 8.91. The molecule has 22 heavy (non-hydrogen) atoms. The molecular formula is C15H18N4O2S. The molecule has 2 amide bonds. The molecule has 0 saturated carbocycles. The van der Waals surface area contributed by atoms with Gasteiger partial charge >= 0.3 is 0 Å². The molecule has 0 aliphatic carbocycles. The maximum Gasteiger partial charge on any atom is 0.243 e. The van der Waals surface area contributed by atoms with Gasteiger partial charge in [-0.3, -0.25) is 9.59 Å². The molecule has 0 aromatic carbocycles. The molecule has 0 fully saturated rings. The van der Waals surface area contributed by atoms with E-state index in [-0.39, 0.29) is 5.91 Å². The van der Waals surface area contributed by atoms with Gasteiger partial charge in [0.2, 0.25) is 11.8 Å². The lowest BCUT2D eigenvalue weighted by Gasteiger charge is -2.35. The van der Waals surface area contributed by atoms with Crippen LogP contribution in [0.1, 0.15) is 20.8 Å². The van der Waals surface area contributed by atoms with Gasteiger partial charge in [-0.15, -0.1) is 6.58 Å². The normalized spacial score (nSPS) is 21.1. The minimum atomic E-state index is -0.934. The minimum Gasteiger partial charge on any atom is -0.352 e. The number of carbonyl (C=O) groups is 2. The van der Waals surface area contributed by atoms with Crippen LogP contribution in [0.3, 0.4) is 0 Å². The number of nitrogens with one attached hydrogen (secondary N) is 2. The highest BCUT2D eigenvalue weighted by Crippen LogP contribution is 2.42.